The molecule has 1 aromatic rings. The van der Waals surface area contributed by atoms with Gasteiger partial charge in [0.1, 0.15) is 5.82 Å². The van der Waals surface area contributed by atoms with Crippen LogP contribution in [-0.4, -0.2) is 5.51 Å². The van der Waals surface area contributed by atoms with Gasteiger partial charge in [-0.1, -0.05) is 6.07 Å². The van der Waals surface area contributed by atoms with E-state index in [-0.39, 0.29) is 10.8 Å². The molecular formula is C12H9BrF4S. The summed E-state index contributed by atoms with van der Waals surface area (Å²) in [5.74, 6) is -0.628. The van der Waals surface area contributed by atoms with E-state index in [2.05, 4.69) is 14.8 Å². The molecule has 0 aromatic heterocycles. The Morgan fingerprint density at radius 3 is 2.44 bits per heavy atom. The Labute approximate surface area is 111 Å². The molecule has 2 aliphatic rings. The highest BCUT2D eigenvalue weighted by Crippen LogP contribution is 2.83. The van der Waals surface area contributed by atoms with Crippen LogP contribution < -0.4 is 0 Å². The quantitative estimate of drug-likeness (QED) is 0.585. The van der Waals surface area contributed by atoms with Crippen molar-refractivity contribution in [3.05, 3.63) is 34.5 Å². The van der Waals surface area contributed by atoms with Crippen LogP contribution in [0.3, 0.4) is 0 Å². The number of hydrogen-bond acceptors (Lipinski definition) is 0. The molecule has 0 saturated heterocycles. The van der Waals surface area contributed by atoms with Crippen LogP contribution >= 0.6 is 23.3 Å². The van der Waals surface area contributed by atoms with E-state index in [0.717, 1.165) is 18.9 Å². The molecule has 1 saturated carbocycles. The molecule has 1 atom stereocenters. The molecular weight excluding hydrogens is 332 g/mol. The van der Waals surface area contributed by atoms with Crippen LogP contribution in [0.2, 0.25) is 0 Å². The largest absolute Gasteiger partial charge is 0.442 e. The van der Waals surface area contributed by atoms with Gasteiger partial charge in [-0.15, -0.1) is 0 Å². The summed E-state index contributed by atoms with van der Waals surface area (Å²) in [6.07, 6.45) is 3.17. The van der Waals surface area contributed by atoms with Gasteiger partial charge in [0.15, 0.2) is 0 Å². The zero-order chi connectivity index (χ0) is 13.1. The van der Waals surface area contributed by atoms with Crippen molar-refractivity contribution >= 4 is 29.4 Å². The highest BCUT2D eigenvalue weighted by Gasteiger charge is 2.58. The van der Waals surface area contributed by atoms with Gasteiger partial charge in [-0.2, -0.15) is 13.2 Å². The lowest BCUT2D eigenvalue weighted by molar-refractivity contribution is -0.0356. The maximum Gasteiger partial charge on any atom is 0.442 e. The predicted octanol–water partition coefficient (Wildman–Crippen LogP) is 5.58. The summed E-state index contributed by atoms with van der Waals surface area (Å²) in [5, 5.41) is 0. The number of halogens is 5. The summed E-state index contributed by atoms with van der Waals surface area (Å²) in [4.78, 5) is 0.451. The van der Waals surface area contributed by atoms with Crippen LogP contribution in [0.15, 0.2) is 28.0 Å². The van der Waals surface area contributed by atoms with Gasteiger partial charge in [-0.25, -0.2) is 4.39 Å². The fraction of sp³-hybridized carbons (Fsp3) is 0.333. The Morgan fingerprint density at radius 1 is 1.22 bits per heavy atom. The van der Waals surface area contributed by atoms with E-state index >= 15 is 0 Å². The summed E-state index contributed by atoms with van der Waals surface area (Å²) in [6.45, 7) is 0. The maximum absolute atomic E-state index is 13.4. The number of rotatable bonds is 1. The minimum Gasteiger partial charge on any atom is -0.207 e. The highest BCUT2D eigenvalue weighted by molar-refractivity contribution is 9.59. The van der Waals surface area contributed by atoms with Gasteiger partial charge >= 0.3 is 5.51 Å². The van der Waals surface area contributed by atoms with Crippen molar-refractivity contribution in [2.75, 3.05) is 0 Å². The highest BCUT2D eigenvalue weighted by atomic mass is 79.9. The summed E-state index contributed by atoms with van der Waals surface area (Å²) in [7, 11) is -3.25. The second-order valence-electron chi connectivity index (χ2n) is 4.49. The van der Waals surface area contributed by atoms with Crippen LogP contribution in [0.25, 0.3) is 6.08 Å². The van der Waals surface area contributed by atoms with Crippen molar-refractivity contribution in [3.8, 4) is 0 Å². The first-order valence-corrected chi connectivity index (χ1v) is 8.92. The van der Waals surface area contributed by atoms with Crippen LogP contribution in [0, 0.1) is 11.7 Å². The molecule has 0 spiro atoms. The molecule has 0 bridgehead atoms. The standard InChI is InChI=1S/C12H9BrF4S/c13-18(12(15,16)17)10(7-1-2-7)5-8-3-4-9(14)6-11(8)18/h3-7H,1-2H2. The van der Waals surface area contributed by atoms with Gasteiger partial charge in [0, 0.05) is 4.90 Å². The van der Waals surface area contributed by atoms with Crippen molar-refractivity contribution in [2.24, 2.45) is 5.92 Å². The third kappa shape index (κ3) is 1.65. The van der Waals surface area contributed by atoms with E-state index in [1.807, 2.05) is 0 Å². The first kappa shape index (κ1) is 12.5. The molecule has 0 amide bonds. The average Bonchev–Trinajstić information content (AvgIpc) is 3.05. The van der Waals surface area contributed by atoms with Crippen LogP contribution in [0.5, 0.6) is 0 Å². The van der Waals surface area contributed by atoms with Gasteiger partial charge in [0.2, 0.25) is 0 Å². The molecule has 0 nitrogen and oxygen atoms in total. The molecule has 3 rings (SSSR count). The van der Waals surface area contributed by atoms with Gasteiger partial charge in [-0.05, 0) is 70.7 Å². The zero-order valence-corrected chi connectivity index (χ0v) is 11.5. The number of benzene rings is 1. The van der Waals surface area contributed by atoms with Gasteiger partial charge in [-0.3, -0.25) is 0 Å². The lowest BCUT2D eigenvalue weighted by atomic mass is 10.2. The Morgan fingerprint density at radius 2 is 1.89 bits per heavy atom. The van der Waals surface area contributed by atoms with Gasteiger partial charge in [0.25, 0.3) is 0 Å². The van der Waals surface area contributed by atoms with Crippen molar-refractivity contribution in [1.82, 2.24) is 0 Å². The van der Waals surface area contributed by atoms with Crippen LogP contribution in [0.1, 0.15) is 18.4 Å². The fourth-order valence-corrected chi connectivity index (χ4v) is 6.60. The fourth-order valence-electron chi connectivity index (χ4n) is 2.21. The maximum atomic E-state index is 13.4. The number of hydrogen-bond donors (Lipinski definition) is 0. The van der Waals surface area contributed by atoms with Gasteiger partial charge < -0.3 is 0 Å². The first-order chi connectivity index (χ1) is 8.34. The smallest absolute Gasteiger partial charge is 0.207 e. The monoisotopic (exact) mass is 340 g/mol. The van der Waals surface area contributed by atoms with E-state index < -0.39 is 19.8 Å². The summed E-state index contributed by atoms with van der Waals surface area (Å²) in [5.41, 5.74) is -3.90. The molecule has 1 aliphatic carbocycles. The summed E-state index contributed by atoms with van der Waals surface area (Å²) >= 11 is 2.93. The first-order valence-electron chi connectivity index (χ1n) is 5.44. The van der Waals surface area contributed by atoms with E-state index in [1.165, 1.54) is 12.1 Å². The summed E-state index contributed by atoms with van der Waals surface area (Å²) in [6, 6.07) is 3.64. The normalized spacial score (nSPS) is 30.6. The molecule has 1 unspecified atom stereocenters. The molecule has 98 valence electrons. The molecule has 18 heavy (non-hydrogen) atoms. The molecule has 1 heterocycles. The Balaban J connectivity index is 2.21. The molecule has 6 heteroatoms. The zero-order valence-electron chi connectivity index (χ0n) is 9.10. The number of fused-ring (bicyclic) bond motifs is 1. The molecule has 0 radical (unpaired) electrons. The molecule has 1 aromatic carbocycles. The molecule has 1 fully saturated rings. The van der Waals surface area contributed by atoms with E-state index in [1.54, 1.807) is 6.08 Å². The second-order valence-corrected chi connectivity index (χ2v) is 9.85. The second kappa shape index (κ2) is 3.76. The van der Waals surface area contributed by atoms with Crippen molar-refractivity contribution in [3.63, 3.8) is 0 Å². The Bertz CT molecular complexity index is 547. The lowest BCUT2D eigenvalue weighted by Crippen LogP contribution is -2.16. The summed E-state index contributed by atoms with van der Waals surface area (Å²) < 4.78 is 53.5. The number of allylic oxidation sites excluding steroid dienone is 1. The van der Waals surface area contributed by atoms with E-state index in [9.17, 15) is 17.6 Å². The molecule has 0 N–H and O–H groups in total. The average molecular weight is 341 g/mol. The van der Waals surface area contributed by atoms with Crippen molar-refractivity contribution in [1.29, 1.82) is 0 Å². The molecule has 1 aliphatic heterocycles. The topological polar surface area (TPSA) is 0 Å². The van der Waals surface area contributed by atoms with Crippen molar-refractivity contribution in [2.45, 2.75) is 23.2 Å². The van der Waals surface area contributed by atoms with Gasteiger partial charge in [0.05, 0.1) is 0 Å². The minimum absolute atomic E-state index is 0.00328. The van der Waals surface area contributed by atoms with Crippen molar-refractivity contribution < 1.29 is 17.6 Å². The Kier molecular flexibility index (Phi) is 2.62. The third-order valence-corrected chi connectivity index (χ3v) is 9.17. The lowest BCUT2D eigenvalue weighted by Gasteiger charge is -2.35. The van der Waals surface area contributed by atoms with E-state index in [4.69, 9.17) is 0 Å². The predicted molar refractivity (Wildman–Crippen MR) is 67.9 cm³/mol. The Hall–Kier alpha value is -0.490. The van der Waals surface area contributed by atoms with Crippen LogP contribution in [0.4, 0.5) is 17.6 Å². The third-order valence-electron chi connectivity index (χ3n) is 3.20. The number of alkyl halides is 3. The van der Waals surface area contributed by atoms with Crippen LogP contribution in [-0.2, 0) is 0 Å². The minimum atomic E-state index is -4.39. The SMILES string of the molecule is Fc1ccc2c(c1)S(Br)(C(F)(F)F)C(C1CC1)=C2. The van der Waals surface area contributed by atoms with E-state index in [0.29, 0.717) is 10.5 Å².